The summed E-state index contributed by atoms with van der Waals surface area (Å²) in [5.41, 5.74) is -0.727. The molecule has 0 saturated carbocycles. The summed E-state index contributed by atoms with van der Waals surface area (Å²) >= 11 is 0. The van der Waals surface area contributed by atoms with Crippen LogP contribution in [0.2, 0.25) is 0 Å². The predicted molar refractivity (Wildman–Crippen MR) is 50.6 cm³/mol. The number of rotatable bonds is 4. The minimum Gasteiger partial charge on any atom is -0.270 e. The highest BCUT2D eigenvalue weighted by atomic mass is 32.2. The molecule has 0 heterocycles. The van der Waals surface area contributed by atoms with Crippen LogP contribution in [0, 0.1) is 17.5 Å². The molecule has 0 atom stereocenters. The monoisotopic (exact) mass is 254 g/mol. The van der Waals surface area contributed by atoms with Gasteiger partial charge in [0.1, 0.15) is 23.2 Å². The summed E-state index contributed by atoms with van der Waals surface area (Å²) in [6.07, 6.45) is 0. The lowest BCUT2D eigenvalue weighted by Gasteiger charge is -2.06. The molecule has 0 unspecified atom stereocenters. The van der Waals surface area contributed by atoms with Crippen molar-refractivity contribution in [1.82, 2.24) is 0 Å². The highest BCUT2D eigenvalue weighted by Gasteiger charge is 2.19. The van der Waals surface area contributed by atoms with Gasteiger partial charge in [-0.15, -0.1) is 0 Å². The number of hydrogen-bond acceptors (Lipinski definition) is 3. The van der Waals surface area contributed by atoms with Crippen molar-refractivity contribution in [2.75, 3.05) is 6.61 Å². The van der Waals surface area contributed by atoms with Crippen LogP contribution in [0.15, 0.2) is 12.1 Å². The lowest BCUT2D eigenvalue weighted by atomic mass is 10.2. The van der Waals surface area contributed by atoms with E-state index >= 15 is 0 Å². The molecule has 0 aliphatic rings. The Bertz CT molecular complexity index is 462. The molecule has 0 radical (unpaired) electrons. The summed E-state index contributed by atoms with van der Waals surface area (Å²) in [7, 11) is -4.04. The Balaban J connectivity index is 3.07. The normalized spacial score (nSPS) is 11.8. The van der Waals surface area contributed by atoms with Gasteiger partial charge in [-0.25, -0.2) is 13.2 Å². The SMILES string of the molecule is CCOS(=O)(=O)Cc1c(F)cc(F)cc1F. The van der Waals surface area contributed by atoms with Crippen molar-refractivity contribution in [3.8, 4) is 0 Å². The molecule has 0 bridgehead atoms. The second-order valence-corrected chi connectivity index (χ2v) is 4.60. The van der Waals surface area contributed by atoms with E-state index in [1.807, 2.05) is 0 Å². The average molecular weight is 254 g/mol. The maximum Gasteiger partial charge on any atom is 0.271 e. The minimum absolute atomic E-state index is 0.132. The van der Waals surface area contributed by atoms with Crippen LogP contribution in [0.5, 0.6) is 0 Å². The van der Waals surface area contributed by atoms with Gasteiger partial charge in [0.05, 0.1) is 6.61 Å². The Morgan fingerprint density at radius 3 is 2.12 bits per heavy atom. The van der Waals surface area contributed by atoms with E-state index < -0.39 is 38.9 Å². The van der Waals surface area contributed by atoms with Crippen LogP contribution in [0.1, 0.15) is 12.5 Å². The quantitative estimate of drug-likeness (QED) is 0.771. The van der Waals surface area contributed by atoms with Crippen molar-refractivity contribution in [3.63, 3.8) is 0 Å². The largest absolute Gasteiger partial charge is 0.271 e. The van der Waals surface area contributed by atoms with Gasteiger partial charge in [0.15, 0.2) is 0 Å². The third-order valence-corrected chi connectivity index (χ3v) is 2.96. The van der Waals surface area contributed by atoms with Crippen LogP contribution < -0.4 is 0 Å². The van der Waals surface area contributed by atoms with Crippen molar-refractivity contribution in [3.05, 3.63) is 35.1 Å². The molecular weight excluding hydrogens is 245 g/mol. The van der Waals surface area contributed by atoms with Crippen LogP contribution in [-0.2, 0) is 20.1 Å². The molecule has 7 heteroatoms. The molecule has 0 amide bonds. The summed E-state index contributed by atoms with van der Waals surface area (Å²) in [5.74, 6) is -4.56. The van der Waals surface area contributed by atoms with Crippen molar-refractivity contribution in [1.29, 1.82) is 0 Å². The van der Waals surface area contributed by atoms with Crippen LogP contribution in [0.25, 0.3) is 0 Å². The maximum atomic E-state index is 13.1. The fourth-order valence-electron chi connectivity index (χ4n) is 1.11. The van der Waals surface area contributed by atoms with Gasteiger partial charge < -0.3 is 0 Å². The molecule has 0 aliphatic carbocycles. The smallest absolute Gasteiger partial charge is 0.270 e. The Kier molecular flexibility index (Phi) is 3.93. The first-order chi connectivity index (χ1) is 7.35. The summed E-state index contributed by atoms with van der Waals surface area (Å²) in [4.78, 5) is 0. The molecule has 0 spiro atoms. The Labute approximate surface area is 91.0 Å². The van der Waals surface area contributed by atoms with E-state index in [2.05, 4.69) is 4.18 Å². The van der Waals surface area contributed by atoms with Gasteiger partial charge in [0.2, 0.25) is 0 Å². The third kappa shape index (κ3) is 3.21. The Morgan fingerprint density at radius 2 is 1.69 bits per heavy atom. The van der Waals surface area contributed by atoms with Gasteiger partial charge in [-0.3, -0.25) is 4.18 Å². The van der Waals surface area contributed by atoms with Crippen LogP contribution >= 0.6 is 0 Å². The minimum atomic E-state index is -4.04. The first kappa shape index (κ1) is 13.0. The summed E-state index contributed by atoms with van der Waals surface area (Å²) in [6, 6.07) is 0.833. The highest BCUT2D eigenvalue weighted by molar-refractivity contribution is 7.85. The zero-order valence-electron chi connectivity index (χ0n) is 8.34. The van der Waals surface area contributed by atoms with Crippen molar-refractivity contribution in [2.45, 2.75) is 12.7 Å². The van der Waals surface area contributed by atoms with E-state index in [1.54, 1.807) is 0 Å². The first-order valence-corrected chi connectivity index (χ1v) is 5.94. The molecule has 3 nitrogen and oxygen atoms in total. The molecule has 16 heavy (non-hydrogen) atoms. The van der Waals surface area contributed by atoms with E-state index in [1.165, 1.54) is 6.92 Å². The fourth-order valence-corrected chi connectivity index (χ4v) is 2.18. The molecule has 0 aliphatic heterocycles. The molecule has 1 aromatic rings. The van der Waals surface area contributed by atoms with E-state index in [-0.39, 0.29) is 6.61 Å². The molecule has 90 valence electrons. The lowest BCUT2D eigenvalue weighted by Crippen LogP contribution is -2.11. The van der Waals surface area contributed by atoms with E-state index in [4.69, 9.17) is 0 Å². The molecule has 0 N–H and O–H groups in total. The highest BCUT2D eigenvalue weighted by Crippen LogP contribution is 2.18. The molecule has 1 aromatic carbocycles. The Hall–Kier alpha value is -1.08. The molecule has 0 aromatic heterocycles. The zero-order chi connectivity index (χ0) is 12.3. The topological polar surface area (TPSA) is 43.4 Å². The van der Waals surface area contributed by atoms with Gasteiger partial charge >= 0.3 is 0 Å². The van der Waals surface area contributed by atoms with Gasteiger partial charge in [-0.05, 0) is 6.92 Å². The second-order valence-electron chi connectivity index (χ2n) is 2.96. The lowest BCUT2D eigenvalue weighted by molar-refractivity contribution is 0.336. The van der Waals surface area contributed by atoms with E-state index in [0.717, 1.165) is 0 Å². The average Bonchev–Trinajstić information content (AvgIpc) is 2.11. The molecule has 0 fully saturated rings. The van der Waals surface area contributed by atoms with Crippen molar-refractivity contribution in [2.24, 2.45) is 0 Å². The standard InChI is InChI=1S/C9H9F3O3S/c1-2-15-16(13,14)5-7-8(11)3-6(10)4-9(7)12/h3-4H,2,5H2,1H3. The van der Waals surface area contributed by atoms with Gasteiger partial charge in [-0.2, -0.15) is 8.42 Å². The maximum absolute atomic E-state index is 13.1. The first-order valence-electron chi connectivity index (χ1n) is 4.36. The van der Waals surface area contributed by atoms with Gasteiger partial charge in [0.25, 0.3) is 10.1 Å². The van der Waals surface area contributed by atoms with Crippen LogP contribution in [-0.4, -0.2) is 15.0 Å². The molecular formula is C9H9F3O3S. The third-order valence-electron chi connectivity index (χ3n) is 1.72. The van der Waals surface area contributed by atoms with Crippen LogP contribution in [0.3, 0.4) is 0 Å². The predicted octanol–water partition coefficient (Wildman–Crippen LogP) is 1.97. The number of halogens is 3. The van der Waals surface area contributed by atoms with Gasteiger partial charge in [0, 0.05) is 17.7 Å². The summed E-state index contributed by atoms with van der Waals surface area (Å²) in [6.45, 7) is 1.29. The summed E-state index contributed by atoms with van der Waals surface area (Å²) < 4.78 is 65.3. The van der Waals surface area contributed by atoms with Crippen LogP contribution in [0.4, 0.5) is 13.2 Å². The van der Waals surface area contributed by atoms with E-state index in [9.17, 15) is 21.6 Å². The molecule has 1 rings (SSSR count). The second kappa shape index (κ2) is 4.84. The fraction of sp³-hybridized carbons (Fsp3) is 0.333. The summed E-state index contributed by atoms with van der Waals surface area (Å²) in [5, 5.41) is 0. The zero-order valence-corrected chi connectivity index (χ0v) is 9.15. The van der Waals surface area contributed by atoms with Gasteiger partial charge in [-0.1, -0.05) is 0 Å². The van der Waals surface area contributed by atoms with E-state index in [0.29, 0.717) is 12.1 Å². The number of hydrogen-bond donors (Lipinski definition) is 0. The molecule has 0 saturated heterocycles. The van der Waals surface area contributed by atoms with Crippen molar-refractivity contribution < 1.29 is 25.8 Å². The van der Waals surface area contributed by atoms with Crippen molar-refractivity contribution >= 4 is 10.1 Å². The Morgan fingerprint density at radius 1 is 1.19 bits per heavy atom. The number of benzene rings is 1.